The standard InChI is InChI=1S/C17H32N2O2/c1-5-13-6-10-15(11-7-13)19(3)12-17(18-2,14-8-9-14)16(20)21-4/h13-15,18H,5-12H2,1-4H3. The minimum atomic E-state index is -0.509. The Bertz CT molecular complexity index is 349. The number of esters is 1. The molecule has 1 unspecified atom stereocenters. The second-order valence-electron chi connectivity index (χ2n) is 6.99. The highest BCUT2D eigenvalue weighted by Gasteiger charge is 2.52. The monoisotopic (exact) mass is 296 g/mol. The topological polar surface area (TPSA) is 41.6 Å². The van der Waals surface area contributed by atoms with Gasteiger partial charge in [0.25, 0.3) is 0 Å². The third kappa shape index (κ3) is 3.59. The third-order valence-corrected chi connectivity index (χ3v) is 5.79. The molecular formula is C17H32N2O2. The molecule has 2 rings (SSSR count). The lowest BCUT2D eigenvalue weighted by atomic mass is 9.83. The second-order valence-corrected chi connectivity index (χ2v) is 6.99. The Morgan fingerprint density at radius 3 is 2.29 bits per heavy atom. The van der Waals surface area contributed by atoms with Crippen molar-refractivity contribution in [1.82, 2.24) is 10.2 Å². The summed E-state index contributed by atoms with van der Waals surface area (Å²) in [5, 5.41) is 3.30. The zero-order valence-electron chi connectivity index (χ0n) is 14.2. The molecule has 0 aromatic carbocycles. The summed E-state index contributed by atoms with van der Waals surface area (Å²) in [5.74, 6) is 1.25. The molecule has 0 aromatic rings. The molecule has 0 amide bonds. The quantitative estimate of drug-likeness (QED) is 0.733. The van der Waals surface area contributed by atoms with Crippen LogP contribution in [0, 0.1) is 11.8 Å². The van der Waals surface area contributed by atoms with Crippen LogP contribution in [-0.4, -0.2) is 50.2 Å². The summed E-state index contributed by atoms with van der Waals surface area (Å²) < 4.78 is 5.10. The number of hydrogen-bond acceptors (Lipinski definition) is 4. The van der Waals surface area contributed by atoms with Crippen molar-refractivity contribution in [2.75, 3.05) is 27.7 Å². The predicted octanol–water partition coefficient (Wildman–Crippen LogP) is 2.43. The molecule has 0 spiro atoms. The molecule has 2 saturated carbocycles. The Morgan fingerprint density at radius 1 is 1.24 bits per heavy atom. The number of carbonyl (C=O) groups excluding carboxylic acids is 1. The van der Waals surface area contributed by atoms with Crippen LogP contribution in [0.2, 0.25) is 0 Å². The van der Waals surface area contributed by atoms with Gasteiger partial charge in [0.15, 0.2) is 0 Å². The molecule has 2 aliphatic carbocycles. The molecule has 0 aliphatic heterocycles. The molecule has 0 heterocycles. The van der Waals surface area contributed by atoms with Gasteiger partial charge in [-0.2, -0.15) is 0 Å². The fraction of sp³-hybridized carbons (Fsp3) is 0.941. The van der Waals surface area contributed by atoms with Crippen LogP contribution in [0.15, 0.2) is 0 Å². The summed E-state index contributed by atoms with van der Waals surface area (Å²) >= 11 is 0. The minimum Gasteiger partial charge on any atom is -0.468 e. The fourth-order valence-electron chi connectivity index (χ4n) is 4.02. The maximum atomic E-state index is 12.4. The lowest BCUT2D eigenvalue weighted by molar-refractivity contribution is -0.150. The van der Waals surface area contributed by atoms with Crippen molar-refractivity contribution in [3.05, 3.63) is 0 Å². The van der Waals surface area contributed by atoms with Crippen LogP contribution in [0.25, 0.3) is 0 Å². The summed E-state index contributed by atoms with van der Waals surface area (Å²) in [6, 6.07) is 0.615. The van der Waals surface area contributed by atoms with Crippen LogP contribution in [0.1, 0.15) is 51.9 Å². The molecule has 2 fully saturated rings. The van der Waals surface area contributed by atoms with Crippen molar-refractivity contribution < 1.29 is 9.53 Å². The summed E-state index contributed by atoms with van der Waals surface area (Å²) in [5.41, 5.74) is -0.509. The molecule has 4 nitrogen and oxygen atoms in total. The van der Waals surface area contributed by atoms with E-state index >= 15 is 0 Å². The Hall–Kier alpha value is -0.610. The zero-order valence-corrected chi connectivity index (χ0v) is 14.2. The first-order chi connectivity index (χ1) is 10.1. The van der Waals surface area contributed by atoms with E-state index in [0.29, 0.717) is 12.0 Å². The van der Waals surface area contributed by atoms with E-state index in [1.54, 1.807) is 0 Å². The van der Waals surface area contributed by atoms with E-state index in [1.165, 1.54) is 39.2 Å². The summed E-state index contributed by atoms with van der Waals surface area (Å²) in [6.45, 7) is 3.06. The van der Waals surface area contributed by atoms with E-state index in [4.69, 9.17) is 4.74 Å². The highest BCUT2D eigenvalue weighted by molar-refractivity contribution is 5.82. The third-order valence-electron chi connectivity index (χ3n) is 5.79. The molecule has 1 atom stereocenters. The van der Waals surface area contributed by atoms with Crippen molar-refractivity contribution in [1.29, 1.82) is 0 Å². The molecule has 1 N–H and O–H groups in total. The Labute approximate surface area is 129 Å². The number of nitrogens with zero attached hydrogens (tertiary/aromatic N) is 1. The highest BCUT2D eigenvalue weighted by atomic mass is 16.5. The van der Waals surface area contributed by atoms with Gasteiger partial charge < -0.3 is 15.0 Å². The lowest BCUT2D eigenvalue weighted by Gasteiger charge is -2.40. The number of likely N-dealkylation sites (N-methyl/N-ethyl adjacent to an activating group) is 2. The normalized spacial score (nSPS) is 29.2. The van der Waals surface area contributed by atoms with Gasteiger partial charge >= 0.3 is 5.97 Å². The first-order valence-electron chi connectivity index (χ1n) is 8.55. The van der Waals surface area contributed by atoms with Gasteiger partial charge in [0.05, 0.1) is 7.11 Å². The largest absolute Gasteiger partial charge is 0.468 e. The predicted molar refractivity (Wildman–Crippen MR) is 85.2 cm³/mol. The van der Waals surface area contributed by atoms with Gasteiger partial charge in [-0.1, -0.05) is 13.3 Å². The first-order valence-corrected chi connectivity index (χ1v) is 8.55. The zero-order chi connectivity index (χ0) is 15.5. The van der Waals surface area contributed by atoms with Gasteiger partial charge in [0.1, 0.15) is 5.54 Å². The van der Waals surface area contributed by atoms with Gasteiger partial charge in [-0.05, 0) is 64.5 Å². The molecule has 122 valence electrons. The average Bonchev–Trinajstić information content (AvgIpc) is 3.37. The summed E-state index contributed by atoms with van der Waals surface area (Å²) in [6.07, 6.45) is 8.76. The van der Waals surface area contributed by atoms with Crippen molar-refractivity contribution in [2.45, 2.75) is 63.5 Å². The van der Waals surface area contributed by atoms with E-state index in [0.717, 1.165) is 25.3 Å². The number of rotatable bonds is 7. The average molecular weight is 296 g/mol. The molecular weight excluding hydrogens is 264 g/mol. The van der Waals surface area contributed by atoms with Crippen LogP contribution in [-0.2, 0) is 9.53 Å². The summed E-state index contributed by atoms with van der Waals surface area (Å²) in [4.78, 5) is 14.8. The van der Waals surface area contributed by atoms with Gasteiger partial charge in [-0.25, -0.2) is 4.79 Å². The minimum absolute atomic E-state index is 0.0957. The Morgan fingerprint density at radius 2 is 1.86 bits per heavy atom. The first kappa shape index (κ1) is 16.8. The number of methoxy groups -OCH3 is 1. The van der Waals surface area contributed by atoms with E-state index < -0.39 is 5.54 Å². The van der Waals surface area contributed by atoms with Crippen molar-refractivity contribution >= 4 is 5.97 Å². The van der Waals surface area contributed by atoms with Crippen LogP contribution in [0.4, 0.5) is 0 Å². The van der Waals surface area contributed by atoms with Gasteiger partial charge in [0, 0.05) is 12.6 Å². The Kier molecular flexibility index (Phi) is 5.67. The van der Waals surface area contributed by atoms with Crippen LogP contribution in [0.5, 0.6) is 0 Å². The van der Waals surface area contributed by atoms with Crippen molar-refractivity contribution in [3.63, 3.8) is 0 Å². The van der Waals surface area contributed by atoms with E-state index in [9.17, 15) is 4.79 Å². The maximum absolute atomic E-state index is 12.4. The van der Waals surface area contributed by atoms with E-state index in [1.807, 2.05) is 7.05 Å². The number of nitrogens with one attached hydrogen (secondary N) is 1. The second kappa shape index (κ2) is 7.10. The SMILES string of the molecule is CCC1CCC(N(C)CC(NC)(C(=O)OC)C2CC2)CC1. The van der Waals surface area contributed by atoms with E-state index in [-0.39, 0.29) is 5.97 Å². The molecule has 4 heteroatoms. The number of carbonyl (C=O) groups is 1. The fourth-order valence-corrected chi connectivity index (χ4v) is 4.02. The van der Waals surface area contributed by atoms with Crippen molar-refractivity contribution in [3.8, 4) is 0 Å². The van der Waals surface area contributed by atoms with Crippen LogP contribution < -0.4 is 5.32 Å². The summed E-state index contributed by atoms with van der Waals surface area (Å²) in [7, 11) is 5.58. The lowest BCUT2D eigenvalue weighted by Crippen LogP contribution is -2.60. The highest BCUT2D eigenvalue weighted by Crippen LogP contribution is 2.41. The van der Waals surface area contributed by atoms with E-state index in [2.05, 4.69) is 24.2 Å². The molecule has 0 bridgehead atoms. The Balaban J connectivity index is 1.98. The molecule has 0 radical (unpaired) electrons. The van der Waals surface area contributed by atoms with Gasteiger partial charge in [-0.15, -0.1) is 0 Å². The van der Waals surface area contributed by atoms with Crippen LogP contribution >= 0.6 is 0 Å². The maximum Gasteiger partial charge on any atom is 0.327 e. The molecule has 2 aliphatic rings. The van der Waals surface area contributed by atoms with Gasteiger partial charge in [-0.3, -0.25) is 0 Å². The van der Waals surface area contributed by atoms with Gasteiger partial charge in [0.2, 0.25) is 0 Å². The smallest absolute Gasteiger partial charge is 0.327 e. The number of ether oxygens (including phenoxy) is 1. The van der Waals surface area contributed by atoms with Crippen molar-refractivity contribution in [2.24, 2.45) is 11.8 Å². The molecule has 21 heavy (non-hydrogen) atoms. The number of hydrogen-bond donors (Lipinski definition) is 1. The van der Waals surface area contributed by atoms with Crippen LogP contribution in [0.3, 0.4) is 0 Å². The molecule has 0 aromatic heterocycles. The molecule has 0 saturated heterocycles.